The Labute approximate surface area is 192 Å². The minimum atomic E-state index is -0.0439. The Bertz CT molecular complexity index is 1160. The highest BCUT2D eigenvalue weighted by atomic mass is 16.5. The molecular formula is C30H35NO. The van der Waals surface area contributed by atoms with Crippen LogP contribution in [0.5, 0.6) is 0 Å². The molecule has 0 amide bonds. The number of fused-ring (bicyclic) bond motifs is 2. The molecule has 32 heavy (non-hydrogen) atoms. The second-order valence-corrected chi connectivity index (χ2v) is 11.5. The number of hydrogen-bond donors (Lipinski definition) is 1. The van der Waals surface area contributed by atoms with Gasteiger partial charge in [0, 0.05) is 6.04 Å². The van der Waals surface area contributed by atoms with Crippen LogP contribution in [0.15, 0.2) is 65.8 Å². The lowest BCUT2D eigenvalue weighted by Gasteiger charge is -2.54. The highest BCUT2D eigenvalue weighted by Gasteiger charge is 2.66. The molecule has 5 aliphatic rings. The molecule has 6 atom stereocenters. The number of ether oxygens (including phenoxy) is 1. The molecule has 166 valence electrons. The van der Waals surface area contributed by atoms with Gasteiger partial charge in [-0.2, -0.15) is 0 Å². The summed E-state index contributed by atoms with van der Waals surface area (Å²) in [6, 6.07) is 16.6. The van der Waals surface area contributed by atoms with E-state index in [4.69, 9.17) is 4.74 Å². The van der Waals surface area contributed by atoms with Crippen molar-refractivity contribution in [2.24, 2.45) is 11.3 Å². The molecule has 0 aromatic heterocycles. The first-order valence-electron chi connectivity index (χ1n) is 12.8. The minimum absolute atomic E-state index is 0.00253. The van der Waals surface area contributed by atoms with E-state index in [0.717, 1.165) is 6.42 Å². The Morgan fingerprint density at radius 2 is 1.88 bits per heavy atom. The van der Waals surface area contributed by atoms with Crippen molar-refractivity contribution < 1.29 is 4.74 Å². The van der Waals surface area contributed by atoms with Crippen molar-refractivity contribution in [3.05, 3.63) is 71.3 Å². The number of benzene rings is 2. The quantitative estimate of drug-likeness (QED) is 0.580. The fraction of sp³-hybridized carbons (Fsp3) is 0.533. The molecule has 2 nitrogen and oxygen atoms in total. The molecule has 2 aromatic carbocycles. The Kier molecular flexibility index (Phi) is 4.02. The largest absolute Gasteiger partial charge is 0.359 e. The number of nitrogens with one attached hydrogen (secondary N) is 1. The summed E-state index contributed by atoms with van der Waals surface area (Å²) in [7, 11) is 2.12. The zero-order chi connectivity index (χ0) is 21.6. The average Bonchev–Trinajstić information content (AvgIpc) is 3.33. The van der Waals surface area contributed by atoms with E-state index in [-0.39, 0.29) is 16.6 Å². The highest BCUT2D eigenvalue weighted by molar-refractivity contribution is 5.83. The third-order valence-electron chi connectivity index (χ3n) is 10.3. The minimum Gasteiger partial charge on any atom is -0.359 e. The zero-order valence-electron chi connectivity index (χ0n) is 19.5. The first-order valence-corrected chi connectivity index (χ1v) is 12.8. The van der Waals surface area contributed by atoms with Crippen molar-refractivity contribution in [2.45, 2.75) is 81.5 Å². The van der Waals surface area contributed by atoms with Crippen molar-refractivity contribution in [3.63, 3.8) is 0 Å². The standard InChI is InChI=1S/C30H35NO/c1-28-14-13-24-18-23-9-10-25(31-2)19-29(23)15-16-30(24,32-29)27(28)12-11-26(28)22-8-7-20-5-3-4-6-21(20)17-22/h3-8,13,17-18,25-27,31H,9-12,14-16,19H2,1-2H3/t25-,26+,27+,28+,29?,30+/m0/s1. The van der Waals surface area contributed by atoms with Crippen molar-refractivity contribution in [2.75, 3.05) is 7.05 Å². The van der Waals surface area contributed by atoms with Crippen LogP contribution in [0.4, 0.5) is 0 Å². The second kappa shape index (κ2) is 6.58. The van der Waals surface area contributed by atoms with Crippen molar-refractivity contribution in [1.82, 2.24) is 5.32 Å². The molecule has 3 fully saturated rings. The molecule has 0 radical (unpaired) electrons. The van der Waals surface area contributed by atoms with Crippen LogP contribution in [0.25, 0.3) is 10.8 Å². The van der Waals surface area contributed by atoms with Gasteiger partial charge in [0.2, 0.25) is 0 Å². The summed E-state index contributed by atoms with van der Waals surface area (Å²) in [6.45, 7) is 2.58. The highest BCUT2D eigenvalue weighted by Crippen LogP contribution is 2.69. The van der Waals surface area contributed by atoms with Gasteiger partial charge in [0.25, 0.3) is 0 Å². The molecule has 3 aliphatic carbocycles. The molecule has 2 heteroatoms. The third kappa shape index (κ3) is 2.43. The van der Waals surface area contributed by atoms with E-state index in [1.807, 2.05) is 0 Å². The maximum absolute atomic E-state index is 7.37. The van der Waals surface area contributed by atoms with Crippen molar-refractivity contribution >= 4 is 10.8 Å². The molecule has 2 bridgehead atoms. The van der Waals surface area contributed by atoms with E-state index in [1.165, 1.54) is 66.9 Å². The third-order valence-corrected chi connectivity index (χ3v) is 10.3. The molecule has 2 heterocycles. The van der Waals surface area contributed by atoms with Crippen LogP contribution >= 0.6 is 0 Å². The Hall–Kier alpha value is -1.90. The predicted molar refractivity (Wildman–Crippen MR) is 131 cm³/mol. The van der Waals surface area contributed by atoms with E-state index in [9.17, 15) is 0 Å². The Morgan fingerprint density at radius 3 is 2.75 bits per heavy atom. The SMILES string of the molecule is CN[C@H]1CCC2=CC3=CC[C@]4(C)[C@@H](c5ccc6ccccc6c5)CC[C@H]4[C@@]34CCC2(C1)O4. The monoisotopic (exact) mass is 425 g/mol. The molecule has 1 saturated heterocycles. The van der Waals surface area contributed by atoms with Gasteiger partial charge in [-0.25, -0.2) is 0 Å². The number of rotatable bonds is 2. The normalized spacial score (nSPS) is 42.1. The number of allylic oxidation sites excluding steroid dienone is 1. The van der Waals surface area contributed by atoms with E-state index < -0.39 is 0 Å². The lowest BCUT2D eigenvalue weighted by Crippen LogP contribution is -2.54. The van der Waals surface area contributed by atoms with Crippen LogP contribution in [-0.2, 0) is 4.74 Å². The summed E-state index contributed by atoms with van der Waals surface area (Å²) in [5, 5.41) is 6.29. The molecule has 1 N–H and O–H groups in total. The molecule has 2 spiro atoms. The molecule has 2 aromatic rings. The van der Waals surface area contributed by atoms with E-state index in [2.05, 4.69) is 73.9 Å². The summed E-state index contributed by atoms with van der Waals surface area (Å²) < 4.78 is 7.37. The molecule has 2 saturated carbocycles. The van der Waals surface area contributed by atoms with Gasteiger partial charge in [-0.15, -0.1) is 0 Å². The Balaban J connectivity index is 1.29. The van der Waals surface area contributed by atoms with Crippen LogP contribution in [0.3, 0.4) is 0 Å². The van der Waals surface area contributed by atoms with Crippen LogP contribution in [-0.4, -0.2) is 24.3 Å². The lowest BCUT2D eigenvalue weighted by atomic mass is 9.58. The van der Waals surface area contributed by atoms with Gasteiger partial charge < -0.3 is 10.1 Å². The van der Waals surface area contributed by atoms with Crippen molar-refractivity contribution in [1.29, 1.82) is 0 Å². The van der Waals surface area contributed by atoms with Crippen LogP contribution in [0, 0.1) is 11.3 Å². The van der Waals surface area contributed by atoms with Gasteiger partial charge in [-0.05, 0) is 103 Å². The lowest BCUT2D eigenvalue weighted by molar-refractivity contribution is -0.136. The summed E-state index contributed by atoms with van der Waals surface area (Å²) >= 11 is 0. The topological polar surface area (TPSA) is 21.3 Å². The second-order valence-electron chi connectivity index (χ2n) is 11.5. The van der Waals surface area contributed by atoms with Crippen LogP contribution in [0.2, 0.25) is 0 Å². The maximum Gasteiger partial charge on any atom is 0.0974 e. The smallest absolute Gasteiger partial charge is 0.0974 e. The number of hydrogen-bond acceptors (Lipinski definition) is 2. The first-order chi connectivity index (χ1) is 15.6. The molecule has 7 rings (SSSR count). The predicted octanol–water partition coefficient (Wildman–Crippen LogP) is 6.67. The first kappa shape index (κ1) is 19.6. The van der Waals surface area contributed by atoms with E-state index >= 15 is 0 Å². The van der Waals surface area contributed by atoms with Gasteiger partial charge in [-0.1, -0.05) is 61.5 Å². The van der Waals surface area contributed by atoms with Crippen molar-refractivity contribution in [3.8, 4) is 0 Å². The van der Waals surface area contributed by atoms with Gasteiger partial charge in [0.05, 0.1) is 11.2 Å². The summed E-state index contributed by atoms with van der Waals surface area (Å²) in [6.07, 6.45) is 15.0. The summed E-state index contributed by atoms with van der Waals surface area (Å²) in [4.78, 5) is 0. The van der Waals surface area contributed by atoms with E-state index in [1.54, 1.807) is 5.57 Å². The zero-order valence-corrected chi connectivity index (χ0v) is 19.5. The summed E-state index contributed by atoms with van der Waals surface area (Å²) in [5.41, 5.74) is 4.90. The van der Waals surface area contributed by atoms with Crippen LogP contribution < -0.4 is 5.32 Å². The van der Waals surface area contributed by atoms with Crippen LogP contribution in [0.1, 0.15) is 69.8 Å². The summed E-state index contributed by atoms with van der Waals surface area (Å²) in [5.74, 6) is 1.24. The van der Waals surface area contributed by atoms with Gasteiger partial charge in [-0.3, -0.25) is 0 Å². The molecule has 1 unspecified atom stereocenters. The van der Waals surface area contributed by atoms with E-state index in [0.29, 0.717) is 17.9 Å². The maximum atomic E-state index is 7.37. The van der Waals surface area contributed by atoms with Gasteiger partial charge in [0.15, 0.2) is 0 Å². The Morgan fingerprint density at radius 1 is 1.00 bits per heavy atom. The molecule has 2 aliphatic heterocycles. The van der Waals surface area contributed by atoms with Gasteiger partial charge >= 0.3 is 0 Å². The average molecular weight is 426 g/mol. The molecular weight excluding hydrogens is 390 g/mol. The fourth-order valence-corrected chi connectivity index (χ4v) is 8.63. The van der Waals surface area contributed by atoms with Gasteiger partial charge in [0.1, 0.15) is 0 Å². The fourth-order valence-electron chi connectivity index (χ4n) is 8.63.